The summed E-state index contributed by atoms with van der Waals surface area (Å²) in [5.74, 6) is 0.949. The van der Waals surface area contributed by atoms with Crippen LogP contribution in [0.15, 0.2) is 59.5 Å². The fourth-order valence-corrected chi connectivity index (χ4v) is 5.80. The van der Waals surface area contributed by atoms with Gasteiger partial charge in [-0.25, -0.2) is 13.4 Å². The van der Waals surface area contributed by atoms with Crippen molar-refractivity contribution in [1.82, 2.24) is 9.97 Å². The van der Waals surface area contributed by atoms with Gasteiger partial charge >= 0.3 is 0 Å². The second kappa shape index (κ2) is 8.01. The summed E-state index contributed by atoms with van der Waals surface area (Å²) in [6.45, 7) is 3.22. The van der Waals surface area contributed by atoms with Gasteiger partial charge in [-0.3, -0.25) is 0 Å². The molecule has 0 unspecified atom stereocenters. The molecule has 3 heterocycles. The summed E-state index contributed by atoms with van der Waals surface area (Å²) in [6, 6.07) is 17.5. The molecule has 2 aromatic carbocycles. The third-order valence-corrected chi connectivity index (χ3v) is 7.64. The molecule has 0 amide bonds. The highest BCUT2D eigenvalue weighted by atomic mass is 35.5. The largest absolute Gasteiger partial charge is 0.368 e. The van der Waals surface area contributed by atoms with Crippen LogP contribution < -0.4 is 15.1 Å². The molecule has 1 fully saturated rings. The van der Waals surface area contributed by atoms with E-state index in [-0.39, 0.29) is 10.6 Å². The lowest BCUT2D eigenvalue weighted by atomic mass is 10.2. The minimum atomic E-state index is -3.41. The molecule has 3 aromatic rings. The van der Waals surface area contributed by atoms with Crippen molar-refractivity contribution >= 4 is 44.6 Å². The Morgan fingerprint density at radius 2 is 1.65 bits per heavy atom. The van der Waals surface area contributed by atoms with Gasteiger partial charge < -0.3 is 15.1 Å². The minimum Gasteiger partial charge on any atom is -0.368 e. The third-order valence-electron chi connectivity index (χ3n) is 5.61. The van der Waals surface area contributed by atoms with Gasteiger partial charge in [0.25, 0.3) is 0 Å². The first-order valence-electron chi connectivity index (χ1n) is 10.2. The van der Waals surface area contributed by atoms with Crippen LogP contribution in [0, 0.1) is 0 Å². The second-order valence-corrected chi connectivity index (χ2v) is 10.1. The Hall–Kier alpha value is -2.84. The smallest absolute Gasteiger partial charge is 0.227 e. The number of sulfone groups is 1. The molecule has 7 nitrogen and oxygen atoms in total. The highest BCUT2D eigenvalue weighted by Gasteiger charge is 2.34. The Bertz CT molecular complexity index is 1210. The lowest BCUT2D eigenvalue weighted by Gasteiger charge is -2.36. The van der Waals surface area contributed by atoms with Crippen molar-refractivity contribution in [2.24, 2.45) is 0 Å². The lowest BCUT2D eigenvalue weighted by molar-refractivity contribution is 0.599. The van der Waals surface area contributed by atoms with E-state index in [4.69, 9.17) is 11.6 Å². The molecular weight excluding hydrogens is 434 g/mol. The normalized spacial score (nSPS) is 17.5. The van der Waals surface area contributed by atoms with Crippen LogP contribution in [0.4, 0.5) is 23.1 Å². The molecule has 1 aromatic heterocycles. The van der Waals surface area contributed by atoms with Crippen LogP contribution in [0.3, 0.4) is 0 Å². The number of rotatable bonds is 4. The Labute approximate surface area is 186 Å². The van der Waals surface area contributed by atoms with Crippen molar-refractivity contribution in [2.75, 3.05) is 47.0 Å². The average molecular weight is 456 g/mol. The number of piperazine rings is 1. The first kappa shape index (κ1) is 20.1. The average Bonchev–Trinajstić information content (AvgIpc) is 3.09. The summed E-state index contributed by atoms with van der Waals surface area (Å²) < 4.78 is 25.3. The van der Waals surface area contributed by atoms with E-state index in [9.17, 15) is 8.42 Å². The summed E-state index contributed by atoms with van der Waals surface area (Å²) in [5, 5.41) is 3.73. The zero-order valence-electron chi connectivity index (χ0n) is 16.8. The fourth-order valence-electron chi connectivity index (χ4n) is 4.05. The number of hydrogen-bond donors (Lipinski definition) is 1. The van der Waals surface area contributed by atoms with E-state index in [0.29, 0.717) is 34.6 Å². The van der Waals surface area contributed by atoms with Crippen LogP contribution in [-0.2, 0) is 16.3 Å². The summed E-state index contributed by atoms with van der Waals surface area (Å²) in [6.07, 6.45) is 0.404. The fraction of sp³-hybridized carbons (Fsp3) is 0.273. The molecule has 31 heavy (non-hydrogen) atoms. The van der Waals surface area contributed by atoms with Gasteiger partial charge in [-0.2, -0.15) is 4.98 Å². The summed E-state index contributed by atoms with van der Waals surface area (Å²) in [5.41, 5.74) is 2.47. The number of benzene rings is 2. The molecule has 0 saturated carbocycles. The number of anilines is 4. The molecule has 5 rings (SSSR count). The summed E-state index contributed by atoms with van der Waals surface area (Å²) in [4.78, 5) is 13.9. The number of para-hydroxylation sites is 1. The van der Waals surface area contributed by atoms with E-state index in [0.717, 1.165) is 26.2 Å². The van der Waals surface area contributed by atoms with Crippen molar-refractivity contribution in [3.63, 3.8) is 0 Å². The maximum atomic E-state index is 12.7. The van der Waals surface area contributed by atoms with Crippen molar-refractivity contribution in [3.8, 4) is 0 Å². The van der Waals surface area contributed by atoms with Crippen LogP contribution in [0.1, 0.15) is 5.69 Å². The number of hydrogen-bond acceptors (Lipinski definition) is 7. The van der Waals surface area contributed by atoms with Gasteiger partial charge in [0.05, 0.1) is 11.4 Å². The van der Waals surface area contributed by atoms with Crippen LogP contribution >= 0.6 is 11.6 Å². The summed E-state index contributed by atoms with van der Waals surface area (Å²) in [7, 11) is -3.41. The predicted octanol–water partition coefficient (Wildman–Crippen LogP) is 3.53. The van der Waals surface area contributed by atoms with E-state index in [2.05, 4.69) is 37.2 Å². The number of nitrogens with one attached hydrogen (secondary N) is 1. The van der Waals surface area contributed by atoms with Gasteiger partial charge in [-0.1, -0.05) is 35.9 Å². The third kappa shape index (κ3) is 4.05. The molecule has 0 radical (unpaired) electrons. The van der Waals surface area contributed by atoms with Crippen molar-refractivity contribution in [2.45, 2.75) is 11.3 Å². The van der Waals surface area contributed by atoms with Gasteiger partial charge in [0.1, 0.15) is 4.90 Å². The van der Waals surface area contributed by atoms with Crippen LogP contribution in [0.25, 0.3) is 0 Å². The van der Waals surface area contributed by atoms with E-state index in [1.807, 2.05) is 30.3 Å². The van der Waals surface area contributed by atoms with E-state index < -0.39 is 9.84 Å². The molecule has 0 bridgehead atoms. The SMILES string of the molecule is O=S1(=O)CCc2nc(N3CCN(c4ccccc4)CC3)nc(Nc3cccc(Cl)c3)c21. The maximum Gasteiger partial charge on any atom is 0.227 e. The zero-order valence-corrected chi connectivity index (χ0v) is 18.4. The molecular formula is C22H22ClN5O2S. The molecule has 2 aliphatic heterocycles. The molecule has 2 aliphatic rings. The molecule has 160 valence electrons. The Morgan fingerprint density at radius 1 is 0.903 bits per heavy atom. The number of fused-ring (bicyclic) bond motifs is 1. The van der Waals surface area contributed by atoms with Crippen LogP contribution in [-0.4, -0.2) is 50.3 Å². The highest BCUT2D eigenvalue weighted by Crippen LogP contribution is 2.34. The van der Waals surface area contributed by atoms with E-state index in [1.165, 1.54) is 5.69 Å². The van der Waals surface area contributed by atoms with Gasteiger partial charge in [-0.15, -0.1) is 0 Å². The number of halogens is 1. The molecule has 0 aliphatic carbocycles. The van der Waals surface area contributed by atoms with E-state index in [1.54, 1.807) is 12.1 Å². The standard InChI is InChI=1S/C22H22ClN5O2S/c23-16-5-4-6-17(15-16)24-21-20-19(9-14-31(20,29)30)25-22(26-21)28-12-10-27(11-13-28)18-7-2-1-3-8-18/h1-8,15H,9-14H2,(H,24,25,26). The molecule has 9 heteroatoms. The van der Waals surface area contributed by atoms with Crippen molar-refractivity contribution < 1.29 is 8.42 Å². The van der Waals surface area contributed by atoms with Crippen LogP contribution in [0.2, 0.25) is 5.02 Å². The Morgan fingerprint density at radius 3 is 2.39 bits per heavy atom. The van der Waals surface area contributed by atoms with Crippen molar-refractivity contribution in [1.29, 1.82) is 0 Å². The van der Waals surface area contributed by atoms with Crippen LogP contribution in [0.5, 0.6) is 0 Å². The first-order valence-corrected chi connectivity index (χ1v) is 12.2. The monoisotopic (exact) mass is 455 g/mol. The quantitative estimate of drug-likeness (QED) is 0.644. The maximum absolute atomic E-state index is 12.7. The molecule has 0 spiro atoms. The Kier molecular flexibility index (Phi) is 5.19. The molecule has 0 atom stereocenters. The van der Waals surface area contributed by atoms with Gasteiger partial charge in [-0.05, 0) is 30.3 Å². The second-order valence-electron chi connectivity index (χ2n) is 7.66. The topological polar surface area (TPSA) is 78.4 Å². The number of aryl methyl sites for hydroxylation is 1. The lowest BCUT2D eigenvalue weighted by Crippen LogP contribution is -2.47. The molecule has 1 saturated heterocycles. The number of nitrogens with zero attached hydrogens (tertiary/aromatic N) is 4. The van der Waals surface area contributed by atoms with Gasteiger partial charge in [0.15, 0.2) is 15.7 Å². The predicted molar refractivity (Wildman–Crippen MR) is 123 cm³/mol. The summed E-state index contributed by atoms with van der Waals surface area (Å²) >= 11 is 6.10. The molecule has 1 N–H and O–H groups in total. The Balaban J connectivity index is 1.44. The minimum absolute atomic E-state index is 0.0620. The van der Waals surface area contributed by atoms with Gasteiger partial charge in [0, 0.05) is 49.0 Å². The van der Waals surface area contributed by atoms with Gasteiger partial charge in [0.2, 0.25) is 5.95 Å². The van der Waals surface area contributed by atoms with E-state index >= 15 is 0 Å². The number of aromatic nitrogens is 2. The van der Waals surface area contributed by atoms with Crippen molar-refractivity contribution in [3.05, 3.63) is 65.3 Å². The first-order chi connectivity index (χ1) is 15.0. The highest BCUT2D eigenvalue weighted by molar-refractivity contribution is 7.91. The zero-order chi connectivity index (χ0) is 21.4.